The van der Waals surface area contributed by atoms with E-state index in [0.717, 1.165) is 4.57 Å². The second kappa shape index (κ2) is 11.1. The lowest BCUT2D eigenvalue weighted by Crippen LogP contribution is -2.35. The number of rotatable bonds is 4. The summed E-state index contributed by atoms with van der Waals surface area (Å²) in [4.78, 5) is 27.3. The largest absolute Gasteiger partial charge is 0.394 e. The molecular weight excluding hydrogens is 496 g/mol. The van der Waals surface area contributed by atoms with Gasteiger partial charge in [0.25, 0.3) is 5.56 Å². The molecule has 2 saturated heterocycles. The third kappa shape index (κ3) is 5.41. The number of H-pyrrole nitrogens is 2. The van der Waals surface area contributed by atoms with Crippen LogP contribution in [0.2, 0.25) is 0 Å². The second-order valence-corrected chi connectivity index (χ2v) is 8.32. The van der Waals surface area contributed by atoms with Gasteiger partial charge in [-0.05, 0) is 18.3 Å². The van der Waals surface area contributed by atoms with Crippen LogP contribution in [0.15, 0.2) is 34.1 Å². The molecule has 0 radical (unpaired) electrons. The molecule has 8 atom stereocenters. The Kier molecular flexibility index (Phi) is 8.63. The van der Waals surface area contributed by atoms with Crippen molar-refractivity contribution in [3.63, 3.8) is 0 Å². The molecule has 2 aromatic rings. The molecule has 0 spiro atoms. The Labute approximate surface area is 200 Å². The molecule has 4 heterocycles. The van der Waals surface area contributed by atoms with Crippen LogP contribution in [0.3, 0.4) is 0 Å². The Morgan fingerprint density at radius 3 is 1.74 bits per heavy atom. The first-order chi connectivity index (χ1) is 16.1. The van der Waals surface area contributed by atoms with Gasteiger partial charge < -0.3 is 40.1 Å². The lowest BCUT2D eigenvalue weighted by atomic mass is 10.1. The summed E-state index contributed by atoms with van der Waals surface area (Å²) in [5.74, 6) is 0. The van der Waals surface area contributed by atoms with Gasteiger partial charge in [0.15, 0.2) is 17.2 Å². The fourth-order valence-corrected chi connectivity index (χ4v) is 3.89. The van der Waals surface area contributed by atoms with Crippen LogP contribution < -0.4 is 11.2 Å². The number of hydrogen-bond donors (Lipinski definition) is 8. The van der Waals surface area contributed by atoms with E-state index in [1.54, 1.807) is 0 Å². The van der Waals surface area contributed by atoms with Gasteiger partial charge in [-0.15, -0.1) is 0 Å². The quantitative estimate of drug-likeness (QED) is 0.190. The van der Waals surface area contributed by atoms with E-state index in [4.69, 9.17) is 44.1 Å². The Hall–Kier alpha value is -2.12. The SMILES string of the molecule is O=c1[nH]c(=S)ccn1[C@@H]1O[C@H](CO)[C@@H](O)[C@H]1O.O=c1ccn([C@@H]2O[C@H](CO)[C@@H](O)[C@H]2O)c(=S)[nH]1. The van der Waals surface area contributed by atoms with Crippen molar-refractivity contribution < 1.29 is 40.1 Å². The molecule has 8 N–H and O–H groups in total. The lowest BCUT2D eigenvalue weighted by molar-refractivity contribution is -0.0550. The highest BCUT2D eigenvalue weighted by atomic mass is 32.1. The van der Waals surface area contributed by atoms with E-state index < -0.39 is 68.0 Å². The van der Waals surface area contributed by atoms with Crippen molar-refractivity contribution in [2.45, 2.75) is 49.1 Å². The fraction of sp³-hybridized carbons (Fsp3) is 0.556. The monoisotopic (exact) mass is 520 g/mol. The predicted molar refractivity (Wildman–Crippen MR) is 118 cm³/mol. The molecule has 2 aromatic heterocycles. The van der Waals surface area contributed by atoms with Gasteiger partial charge in [0.2, 0.25) is 0 Å². The standard InChI is InChI=1S/2C9H12N2O5S/c12-3-4-6(13)7(14)8(16-4)11-2-1-5(17)10-9(11)15;12-3-4-6(14)7(15)8(16-4)11-2-1-5(13)10-9(11)17/h1-2,4,6-8,12-14H,3H2,(H,10,15,17);1-2,4,6-8,12,14-15H,3H2,(H,10,13,17)/t2*4-,6-,7-,8-/m11/s1. The second-order valence-electron chi connectivity index (χ2n) is 7.49. The van der Waals surface area contributed by atoms with Crippen LogP contribution in [0.4, 0.5) is 0 Å². The molecule has 0 bridgehead atoms. The summed E-state index contributed by atoms with van der Waals surface area (Å²) in [5, 5.41) is 56.5. The minimum Gasteiger partial charge on any atom is -0.394 e. The number of aliphatic hydroxyl groups is 6. The average molecular weight is 521 g/mol. The molecule has 188 valence electrons. The summed E-state index contributed by atoms with van der Waals surface area (Å²) in [6, 6.07) is 2.69. The minimum absolute atomic E-state index is 0.0762. The molecule has 0 aliphatic carbocycles. The number of aliphatic hydroxyl groups excluding tert-OH is 6. The average Bonchev–Trinajstić information content (AvgIpc) is 3.24. The number of nitrogens with one attached hydrogen (secondary N) is 2. The summed E-state index contributed by atoms with van der Waals surface area (Å²) < 4.78 is 13.2. The van der Waals surface area contributed by atoms with Crippen molar-refractivity contribution in [3.8, 4) is 0 Å². The van der Waals surface area contributed by atoms with Crippen LogP contribution in [0, 0.1) is 9.41 Å². The molecule has 0 amide bonds. The molecule has 16 heteroatoms. The Morgan fingerprint density at radius 2 is 1.29 bits per heavy atom. The third-order valence-corrected chi connectivity index (χ3v) is 5.84. The van der Waals surface area contributed by atoms with Crippen LogP contribution in [0.5, 0.6) is 0 Å². The molecule has 0 saturated carbocycles. The van der Waals surface area contributed by atoms with Crippen molar-refractivity contribution in [1.82, 2.24) is 19.1 Å². The Bertz CT molecular complexity index is 1120. The molecule has 4 rings (SSSR count). The normalized spacial score (nSPS) is 32.9. The maximum absolute atomic E-state index is 11.6. The van der Waals surface area contributed by atoms with E-state index >= 15 is 0 Å². The Morgan fingerprint density at radius 1 is 0.794 bits per heavy atom. The van der Waals surface area contributed by atoms with E-state index in [2.05, 4.69) is 9.97 Å². The number of aromatic amines is 2. The molecule has 0 aromatic carbocycles. The maximum Gasteiger partial charge on any atom is 0.328 e. The van der Waals surface area contributed by atoms with Crippen LogP contribution in [0.1, 0.15) is 12.5 Å². The predicted octanol–water partition coefficient (Wildman–Crippen LogP) is -2.97. The molecule has 0 unspecified atom stereocenters. The summed E-state index contributed by atoms with van der Waals surface area (Å²) in [6.07, 6.45) is -5.96. The molecule has 34 heavy (non-hydrogen) atoms. The zero-order valence-electron chi connectivity index (χ0n) is 17.4. The van der Waals surface area contributed by atoms with E-state index in [1.165, 1.54) is 29.1 Å². The van der Waals surface area contributed by atoms with Gasteiger partial charge in [-0.2, -0.15) is 0 Å². The first kappa shape index (κ1) is 26.5. The van der Waals surface area contributed by atoms with Gasteiger partial charge in [-0.1, -0.05) is 12.2 Å². The van der Waals surface area contributed by atoms with Crippen molar-refractivity contribution in [3.05, 3.63) is 54.8 Å². The smallest absolute Gasteiger partial charge is 0.328 e. The molecular formula is C18H24N4O10S2. The van der Waals surface area contributed by atoms with Gasteiger partial charge >= 0.3 is 5.69 Å². The van der Waals surface area contributed by atoms with Gasteiger partial charge in [0.05, 0.1) is 13.2 Å². The van der Waals surface area contributed by atoms with Gasteiger partial charge in [0.1, 0.15) is 41.3 Å². The number of ether oxygens (including phenoxy) is 2. The zero-order valence-corrected chi connectivity index (χ0v) is 19.0. The first-order valence-corrected chi connectivity index (χ1v) is 10.8. The lowest BCUT2D eigenvalue weighted by Gasteiger charge is -2.17. The van der Waals surface area contributed by atoms with Crippen molar-refractivity contribution in [2.24, 2.45) is 0 Å². The van der Waals surface area contributed by atoms with Crippen LogP contribution in [0.25, 0.3) is 0 Å². The van der Waals surface area contributed by atoms with E-state index in [-0.39, 0.29) is 15.0 Å². The van der Waals surface area contributed by atoms with E-state index in [1.807, 2.05) is 0 Å². The van der Waals surface area contributed by atoms with Gasteiger partial charge in [0, 0.05) is 18.5 Å². The highest BCUT2D eigenvalue weighted by molar-refractivity contribution is 7.71. The van der Waals surface area contributed by atoms with E-state index in [9.17, 15) is 30.0 Å². The molecule has 14 nitrogen and oxygen atoms in total. The summed E-state index contributed by atoms with van der Waals surface area (Å²) >= 11 is 9.69. The number of aromatic nitrogens is 4. The highest BCUT2D eigenvalue weighted by Crippen LogP contribution is 2.29. The summed E-state index contributed by atoms with van der Waals surface area (Å²) in [5.41, 5.74) is -0.912. The van der Waals surface area contributed by atoms with Crippen molar-refractivity contribution in [2.75, 3.05) is 13.2 Å². The molecule has 2 aliphatic heterocycles. The molecule has 2 aliphatic rings. The van der Waals surface area contributed by atoms with Crippen LogP contribution in [-0.2, 0) is 9.47 Å². The van der Waals surface area contributed by atoms with Crippen molar-refractivity contribution >= 4 is 24.4 Å². The maximum atomic E-state index is 11.6. The van der Waals surface area contributed by atoms with Gasteiger partial charge in [-0.3, -0.25) is 23.9 Å². The fourth-order valence-electron chi connectivity index (χ4n) is 3.48. The first-order valence-electron chi connectivity index (χ1n) is 9.97. The summed E-state index contributed by atoms with van der Waals surface area (Å²) in [6.45, 7) is -0.849. The Balaban J connectivity index is 0.000000191. The van der Waals surface area contributed by atoms with Crippen LogP contribution in [-0.4, -0.2) is 99.6 Å². The van der Waals surface area contributed by atoms with Crippen LogP contribution >= 0.6 is 24.4 Å². The number of nitrogens with zero attached hydrogens (tertiary/aromatic N) is 2. The minimum atomic E-state index is -1.28. The van der Waals surface area contributed by atoms with Crippen molar-refractivity contribution in [1.29, 1.82) is 0 Å². The number of hydrogen-bond acceptors (Lipinski definition) is 12. The zero-order chi connectivity index (χ0) is 25.2. The topological polar surface area (TPSA) is 215 Å². The van der Waals surface area contributed by atoms with E-state index in [0.29, 0.717) is 0 Å². The van der Waals surface area contributed by atoms with Gasteiger partial charge in [-0.25, -0.2) is 4.79 Å². The molecule has 2 fully saturated rings. The third-order valence-electron chi connectivity index (χ3n) is 5.28. The highest BCUT2D eigenvalue weighted by Gasteiger charge is 2.44. The summed E-state index contributed by atoms with van der Waals surface area (Å²) in [7, 11) is 0.